The molecule has 1 saturated carbocycles. The van der Waals surface area contributed by atoms with Gasteiger partial charge in [-0.2, -0.15) is 0 Å². The number of nitrogens with one attached hydrogen (secondary N) is 1. The van der Waals surface area contributed by atoms with Crippen molar-refractivity contribution in [3.8, 4) is 0 Å². The first-order chi connectivity index (χ1) is 7.56. The average Bonchev–Trinajstić information content (AvgIpc) is 2.98. The van der Waals surface area contributed by atoms with Crippen LogP contribution in [-0.2, 0) is 0 Å². The zero-order valence-electron chi connectivity index (χ0n) is 8.31. The van der Waals surface area contributed by atoms with Gasteiger partial charge in [0.1, 0.15) is 5.15 Å². The summed E-state index contributed by atoms with van der Waals surface area (Å²) >= 11 is 5.68. The fraction of sp³-hybridized carbons (Fsp3) is 0.444. The van der Waals surface area contributed by atoms with E-state index in [1.54, 1.807) is 0 Å². The third-order valence-corrected chi connectivity index (χ3v) is 2.79. The lowest BCUT2D eigenvalue weighted by atomic mass is 10.3. The van der Waals surface area contributed by atoms with Crippen molar-refractivity contribution in [1.82, 2.24) is 4.98 Å². The summed E-state index contributed by atoms with van der Waals surface area (Å²) in [6, 6.07) is 2.66. The summed E-state index contributed by atoms with van der Waals surface area (Å²) in [6.45, 7) is -0.0711. The second-order valence-corrected chi connectivity index (χ2v) is 4.21. The summed E-state index contributed by atoms with van der Waals surface area (Å²) in [5.74, 6) is 0.115. The first-order valence-electron chi connectivity index (χ1n) is 4.76. The highest BCUT2D eigenvalue weighted by Gasteiger charge is 2.43. The van der Waals surface area contributed by atoms with Crippen LogP contribution in [0.3, 0.4) is 0 Å². The normalized spacial score (nSPS) is 16.9. The molecule has 6 nitrogen and oxygen atoms in total. The molecule has 0 aliphatic heterocycles. The van der Waals surface area contributed by atoms with E-state index in [9.17, 15) is 10.1 Å². The molecule has 1 aromatic rings. The lowest BCUT2D eigenvalue weighted by molar-refractivity contribution is -0.384. The molecule has 1 aliphatic carbocycles. The van der Waals surface area contributed by atoms with Crippen molar-refractivity contribution in [2.75, 3.05) is 11.9 Å². The summed E-state index contributed by atoms with van der Waals surface area (Å²) in [7, 11) is 0. The van der Waals surface area contributed by atoms with Crippen LogP contribution in [-0.4, -0.2) is 27.2 Å². The van der Waals surface area contributed by atoms with Crippen molar-refractivity contribution in [2.45, 2.75) is 18.4 Å². The summed E-state index contributed by atoms with van der Waals surface area (Å²) in [5.41, 5.74) is -0.591. The summed E-state index contributed by atoms with van der Waals surface area (Å²) in [5, 5.41) is 22.9. The van der Waals surface area contributed by atoms with Crippen LogP contribution in [0.25, 0.3) is 0 Å². The Morgan fingerprint density at radius 3 is 2.81 bits per heavy atom. The number of aromatic nitrogens is 1. The fourth-order valence-corrected chi connectivity index (χ4v) is 1.54. The number of aliphatic hydroxyl groups is 1. The largest absolute Gasteiger partial charge is 0.394 e. The van der Waals surface area contributed by atoms with Gasteiger partial charge < -0.3 is 10.4 Å². The van der Waals surface area contributed by atoms with Crippen molar-refractivity contribution >= 4 is 23.1 Å². The lowest BCUT2D eigenvalue weighted by Crippen LogP contribution is -2.26. The topological polar surface area (TPSA) is 88.3 Å². The van der Waals surface area contributed by atoms with Crippen LogP contribution < -0.4 is 5.32 Å². The van der Waals surface area contributed by atoms with Gasteiger partial charge in [-0.3, -0.25) is 10.1 Å². The molecule has 0 spiro atoms. The summed E-state index contributed by atoms with van der Waals surface area (Å²) < 4.78 is 0. The Morgan fingerprint density at radius 1 is 1.62 bits per heavy atom. The molecule has 1 fully saturated rings. The molecule has 0 amide bonds. The molecule has 0 radical (unpaired) electrons. The predicted molar refractivity (Wildman–Crippen MR) is 58.6 cm³/mol. The van der Waals surface area contributed by atoms with Gasteiger partial charge in [-0.1, -0.05) is 11.6 Å². The zero-order valence-corrected chi connectivity index (χ0v) is 9.07. The van der Waals surface area contributed by atoms with Gasteiger partial charge in [0.05, 0.1) is 17.1 Å². The van der Waals surface area contributed by atoms with Gasteiger partial charge in [0, 0.05) is 6.07 Å². The molecule has 2 rings (SSSR count). The van der Waals surface area contributed by atoms with E-state index in [1.165, 1.54) is 12.1 Å². The third-order valence-electron chi connectivity index (χ3n) is 2.58. The molecular formula is C9H10ClN3O3. The Bertz CT molecular complexity index is 434. The molecular weight excluding hydrogens is 234 g/mol. The van der Waals surface area contributed by atoms with E-state index in [-0.39, 0.29) is 23.3 Å². The smallest absolute Gasteiger partial charge is 0.311 e. The molecule has 1 heterocycles. The highest BCUT2D eigenvalue weighted by atomic mass is 35.5. The minimum atomic E-state index is -0.529. The van der Waals surface area contributed by atoms with Crippen molar-refractivity contribution in [3.63, 3.8) is 0 Å². The molecule has 0 saturated heterocycles. The first kappa shape index (κ1) is 11.1. The van der Waals surface area contributed by atoms with Gasteiger partial charge in [-0.25, -0.2) is 4.98 Å². The third kappa shape index (κ3) is 2.07. The van der Waals surface area contributed by atoms with Crippen molar-refractivity contribution in [1.29, 1.82) is 0 Å². The number of aliphatic hydroxyl groups excluding tert-OH is 1. The van der Waals surface area contributed by atoms with Crippen LogP contribution in [0.4, 0.5) is 11.5 Å². The standard InChI is InChI=1S/C9H10ClN3O3/c10-7-2-1-6(13(15)16)8(11-7)12-9(5-14)3-4-9/h1-2,14H,3-5H2,(H,11,12). The number of anilines is 1. The average molecular weight is 244 g/mol. The predicted octanol–water partition coefficient (Wildman–Crippen LogP) is 1.58. The minimum absolute atomic E-state index is 0.0711. The number of nitro groups is 1. The van der Waals surface area contributed by atoms with E-state index in [4.69, 9.17) is 16.7 Å². The Morgan fingerprint density at radius 2 is 2.31 bits per heavy atom. The van der Waals surface area contributed by atoms with Crippen LogP contribution in [0.2, 0.25) is 5.15 Å². The second kappa shape index (κ2) is 3.88. The van der Waals surface area contributed by atoms with Crippen LogP contribution in [0.15, 0.2) is 12.1 Å². The Labute approximate surface area is 96.4 Å². The van der Waals surface area contributed by atoms with E-state index in [2.05, 4.69) is 10.3 Å². The fourth-order valence-electron chi connectivity index (χ4n) is 1.39. The maximum absolute atomic E-state index is 10.7. The zero-order chi connectivity index (χ0) is 11.8. The number of hydrogen-bond acceptors (Lipinski definition) is 5. The Balaban J connectivity index is 2.31. The van der Waals surface area contributed by atoms with Gasteiger partial charge >= 0.3 is 5.69 Å². The quantitative estimate of drug-likeness (QED) is 0.476. The maximum Gasteiger partial charge on any atom is 0.311 e. The van der Waals surface area contributed by atoms with Crippen LogP contribution >= 0.6 is 11.6 Å². The Hall–Kier alpha value is -1.40. The number of hydrogen-bond donors (Lipinski definition) is 2. The van der Waals surface area contributed by atoms with Crippen molar-refractivity contribution < 1.29 is 10.0 Å². The number of nitrogens with zero attached hydrogens (tertiary/aromatic N) is 2. The van der Waals surface area contributed by atoms with Gasteiger partial charge in [0.15, 0.2) is 0 Å². The molecule has 1 aromatic heterocycles. The van der Waals surface area contributed by atoms with Gasteiger partial charge in [0.25, 0.3) is 0 Å². The molecule has 7 heteroatoms. The summed E-state index contributed by atoms with van der Waals surface area (Å²) in [4.78, 5) is 14.1. The molecule has 0 unspecified atom stereocenters. The second-order valence-electron chi connectivity index (χ2n) is 3.82. The SMILES string of the molecule is O=[N+]([O-])c1ccc(Cl)nc1NC1(CO)CC1. The van der Waals surface area contributed by atoms with E-state index < -0.39 is 10.5 Å². The van der Waals surface area contributed by atoms with Gasteiger partial charge in [0.2, 0.25) is 5.82 Å². The highest BCUT2D eigenvalue weighted by Crippen LogP contribution is 2.40. The lowest BCUT2D eigenvalue weighted by Gasteiger charge is -2.14. The molecule has 1 aliphatic rings. The highest BCUT2D eigenvalue weighted by molar-refractivity contribution is 6.29. The van der Waals surface area contributed by atoms with Gasteiger partial charge in [-0.15, -0.1) is 0 Å². The van der Waals surface area contributed by atoms with Crippen LogP contribution in [0.5, 0.6) is 0 Å². The number of halogens is 1. The first-order valence-corrected chi connectivity index (χ1v) is 5.14. The molecule has 0 atom stereocenters. The van der Waals surface area contributed by atoms with Crippen LogP contribution in [0.1, 0.15) is 12.8 Å². The molecule has 0 aromatic carbocycles. The van der Waals surface area contributed by atoms with Crippen LogP contribution in [0, 0.1) is 10.1 Å². The van der Waals surface area contributed by atoms with Crippen molar-refractivity contribution in [3.05, 3.63) is 27.4 Å². The van der Waals surface area contributed by atoms with Crippen molar-refractivity contribution in [2.24, 2.45) is 0 Å². The van der Waals surface area contributed by atoms with E-state index in [0.717, 1.165) is 12.8 Å². The molecule has 0 bridgehead atoms. The molecule has 2 N–H and O–H groups in total. The molecule has 16 heavy (non-hydrogen) atoms. The van der Waals surface area contributed by atoms with Gasteiger partial charge in [-0.05, 0) is 18.9 Å². The Kier molecular flexibility index (Phi) is 2.69. The maximum atomic E-state index is 10.7. The summed E-state index contributed by atoms with van der Waals surface area (Å²) in [6.07, 6.45) is 1.55. The number of pyridine rings is 1. The number of rotatable bonds is 4. The molecule has 86 valence electrons. The van der Waals surface area contributed by atoms with E-state index >= 15 is 0 Å². The van der Waals surface area contributed by atoms with E-state index in [1.807, 2.05) is 0 Å². The minimum Gasteiger partial charge on any atom is -0.394 e. The van der Waals surface area contributed by atoms with E-state index in [0.29, 0.717) is 0 Å². The monoisotopic (exact) mass is 243 g/mol.